The first-order chi connectivity index (χ1) is 12.0. The Morgan fingerprint density at radius 3 is 2.84 bits per heavy atom. The lowest BCUT2D eigenvalue weighted by molar-refractivity contribution is -0.0301. The maximum absolute atomic E-state index is 13.0. The lowest BCUT2D eigenvalue weighted by atomic mass is 9.84. The Balaban J connectivity index is 1.55. The molecule has 0 unspecified atom stereocenters. The predicted octanol–water partition coefficient (Wildman–Crippen LogP) is 1.90. The summed E-state index contributed by atoms with van der Waals surface area (Å²) < 4.78 is 20.3. The number of hydrogen-bond donors (Lipinski definition) is 2. The molecule has 0 aliphatic heterocycles. The fourth-order valence-corrected chi connectivity index (χ4v) is 3.13. The van der Waals surface area contributed by atoms with E-state index in [0.29, 0.717) is 17.9 Å². The number of halogens is 1. The van der Waals surface area contributed by atoms with Crippen molar-refractivity contribution in [1.82, 2.24) is 15.1 Å². The molecule has 3 atom stereocenters. The van der Waals surface area contributed by atoms with E-state index in [-0.39, 0.29) is 23.7 Å². The van der Waals surface area contributed by atoms with Crippen molar-refractivity contribution in [2.24, 2.45) is 13.0 Å². The number of hydrogen-bond acceptors (Lipinski definition) is 4. The number of amides is 1. The van der Waals surface area contributed by atoms with Gasteiger partial charge in [0.1, 0.15) is 17.7 Å². The first-order valence-electron chi connectivity index (χ1n) is 8.40. The Morgan fingerprint density at radius 2 is 2.16 bits per heavy atom. The number of carbonyl (C=O) groups excluding carboxylic acids is 1. The summed E-state index contributed by atoms with van der Waals surface area (Å²) in [5.41, 5.74) is 0.493. The molecule has 1 aromatic heterocycles. The van der Waals surface area contributed by atoms with Gasteiger partial charge in [-0.05, 0) is 43.5 Å². The summed E-state index contributed by atoms with van der Waals surface area (Å²) in [5.74, 6) is -0.0836. The van der Waals surface area contributed by atoms with Crippen LogP contribution in [0.3, 0.4) is 0 Å². The van der Waals surface area contributed by atoms with Gasteiger partial charge in [-0.2, -0.15) is 5.10 Å². The largest absolute Gasteiger partial charge is 0.488 e. The number of aliphatic hydroxyl groups excluding tert-OH is 1. The number of aromatic nitrogens is 2. The normalized spacial score (nSPS) is 23.2. The summed E-state index contributed by atoms with van der Waals surface area (Å²) in [7, 11) is 1.75. The van der Waals surface area contributed by atoms with Crippen LogP contribution in [-0.4, -0.2) is 39.5 Å². The zero-order valence-electron chi connectivity index (χ0n) is 14.1. The van der Waals surface area contributed by atoms with Crippen molar-refractivity contribution in [2.45, 2.75) is 31.5 Å². The van der Waals surface area contributed by atoms with Gasteiger partial charge in [0, 0.05) is 25.7 Å². The summed E-state index contributed by atoms with van der Waals surface area (Å²) in [5, 5.41) is 17.4. The molecule has 2 N–H and O–H groups in total. The Morgan fingerprint density at radius 1 is 1.40 bits per heavy atom. The SMILES string of the molecule is Cn1cc(C(=O)NC[C@H]2CCC[C@@H](Oc3ccc(F)cc3)[C@@H]2O)cn1. The fourth-order valence-electron chi connectivity index (χ4n) is 3.13. The topological polar surface area (TPSA) is 76.4 Å². The molecule has 3 rings (SSSR count). The summed E-state index contributed by atoms with van der Waals surface area (Å²) in [6, 6.07) is 5.76. The van der Waals surface area contributed by atoms with Crippen molar-refractivity contribution in [3.05, 3.63) is 48.0 Å². The van der Waals surface area contributed by atoms with Gasteiger partial charge in [-0.1, -0.05) is 0 Å². The van der Waals surface area contributed by atoms with E-state index in [1.165, 1.54) is 18.3 Å². The van der Waals surface area contributed by atoms with Gasteiger partial charge >= 0.3 is 0 Å². The number of carbonyl (C=O) groups is 1. The summed E-state index contributed by atoms with van der Waals surface area (Å²) in [6.45, 7) is 0.373. The molecule has 25 heavy (non-hydrogen) atoms. The van der Waals surface area contributed by atoms with Gasteiger partial charge in [0.25, 0.3) is 5.91 Å². The molecule has 0 saturated heterocycles. The summed E-state index contributed by atoms with van der Waals surface area (Å²) >= 11 is 0. The average molecular weight is 347 g/mol. The van der Waals surface area contributed by atoms with E-state index < -0.39 is 6.10 Å². The van der Waals surface area contributed by atoms with E-state index in [0.717, 1.165) is 19.3 Å². The van der Waals surface area contributed by atoms with Crippen molar-refractivity contribution >= 4 is 5.91 Å². The second-order valence-electron chi connectivity index (χ2n) is 6.40. The van der Waals surface area contributed by atoms with E-state index in [1.54, 1.807) is 30.1 Å². The molecule has 1 aromatic carbocycles. The molecule has 1 saturated carbocycles. The van der Waals surface area contributed by atoms with Crippen molar-refractivity contribution in [1.29, 1.82) is 0 Å². The van der Waals surface area contributed by atoms with E-state index in [4.69, 9.17) is 4.74 Å². The molecular formula is C18H22FN3O3. The monoisotopic (exact) mass is 347 g/mol. The molecule has 6 nitrogen and oxygen atoms in total. The Hall–Kier alpha value is -2.41. The second-order valence-corrected chi connectivity index (χ2v) is 6.40. The van der Waals surface area contributed by atoms with E-state index in [2.05, 4.69) is 10.4 Å². The maximum atomic E-state index is 13.0. The van der Waals surface area contributed by atoms with Gasteiger partial charge in [-0.25, -0.2) is 4.39 Å². The van der Waals surface area contributed by atoms with E-state index >= 15 is 0 Å². The first-order valence-corrected chi connectivity index (χ1v) is 8.40. The van der Waals surface area contributed by atoms with Crippen molar-refractivity contribution in [3.63, 3.8) is 0 Å². The van der Waals surface area contributed by atoms with Crippen LogP contribution in [0.5, 0.6) is 5.75 Å². The lowest BCUT2D eigenvalue weighted by Gasteiger charge is -2.35. The molecule has 134 valence electrons. The molecular weight excluding hydrogens is 325 g/mol. The fraction of sp³-hybridized carbons (Fsp3) is 0.444. The lowest BCUT2D eigenvalue weighted by Crippen LogP contribution is -2.45. The standard InChI is InChI=1S/C18H22FN3O3/c1-22-11-13(10-21-22)18(24)20-9-12-3-2-4-16(17(12)23)25-15-7-5-14(19)6-8-15/h5-8,10-12,16-17,23H,2-4,9H2,1H3,(H,20,24)/t12-,16-,17-/m1/s1. The van der Waals surface area contributed by atoms with Gasteiger partial charge in [0.2, 0.25) is 0 Å². The molecule has 0 bridgehead atoms. The maximum Gasteiger partial charge on any atom is 0.254 e. The van der Waals surface area contributed by atoms with Gasteiger partial charge in [-0.15, -0.1) is 0 Å². The van der Waals surface area contributed by atoms with Gasteiger partial charge < -0.3 is 15.2 Å². The second kappa shape index (κ2) is 7.65. The van der Waals surface area contributed by atoms with Crippen LogP contribution in [0, 0.1) is 11.7 Å². The number of aryl methyl sites for hydroxylation is 1. The number of rotatable bonds is 5. The zero-order valence-corrected chi connectivity index (χ0v) is 14.1. The quantitative estimate of drug-likeness (QED) is 0.866. The zero-order chi connectivity index (χ0) is 17.8. The molecule has 1 fully saturated rings. The Labute approximate surface area is 145 Å². The van der Waals surface area contributed by atoms with E-state index in [9.17, 15) is 14.3 Å². The van der Waals surface area contributed by atoms with Crippen LogP contribution in [0.25, 0.3) is 0 Å². The molecule has 1 amide bonds. The molecule has 0 spiro atoms. The van der Waals surface area contributed by atoms with Crippen molar-refractivity contribution in [3.8, 4) is 5.75 Å². The van der Waals surface area contributed by atoms with Gasteiger partial charge in [-0.3, -0.25) is 9.48 Å². The highest BCUT2D eigenvalue weighted by atomic mass is 19.1. The minimum Gasteiger partial charge on any atom is -0.488 e. The Kier molecular flexibility index (Phi) is 5.33. The molecule has 1 aliphatic carbocycles. The minimum atomic E-state index is -0.687. The van der Waals surface area contributed by atoms with Crippen LogP contribution < -0.4 is 10.1 Å². The highest BCUT2D eigenvalue weighted by Gasteiger charge is 2.33. The number of nitrogens with one attached hydrogen (secondary N) is 1. The predicted molar refractivity (Wildman–Crippen MR) is 89.7 cm³/mol. The molecule has 1 heterocycles. The molecule has 2 aromatic rings. The van der Waals surface area contributed by atoms with Gasteiger partial charge in [0.15, 0.2) is 0 Å². The number of benzene rings is 1. The van der Waals surface area contributed by atoms with Crippen LogP contribution in [-0.2, 0) is 7.05 Å². The minimum absolute atomic E-state index is 0.0835. The number of ether oxygens (including phenoxy) is 1. The first kappa shape index (κ1) is 17.4. The summed E-state index contributed by atoms with van der Waals surface area (Å²) in [4.78, 5) is 12.1. The van der Waals surface area contributed by atoms with E-state index in [1.807, 2.05) is 0 Å². The van der Waals surface area contributed by atoms with Crippen molar-refractivity contribution in [2.75, 3.05) is 6.54 Å². The van der Waals surface area contributed by atoms with Crippen LogP contribution in [0.1, 0.15) is 29.6 Å². The highest BCUT2D eigenvalue weighted by Crippen LogP contribution is 2.28. The third-order valence-corrected chi connectivity index (χ3v) is 4.52. The van der Waals surface area contributed by atoms with Crippen LogP contribution >= 0.6 is 0 Å². The van der Waals surface area contributed by atoms with Crippen LogP contribution in [0.4, 0.5) is 4.39 Å². The summed E-state index contributed by atoms with van der Waals surface area (Å²) in [6.07, 6.45) is 4.55. The molecule has 1 aliphatic rings. The van der Waals surface area contributed by atoms with Crippen molar-refractivity contribution < 1.29 is 19.0 Å². The van der Waals surface area contributed by atoms with Crippen LogP contribution in [0.2, 0.25) is 0 Å². The third kappa shape index (κ3) is 4.36. The Bertz CT molecular complexity index is 717. The smallest absolute Gasteiger partial charge is 0.254 e. The third-order valence-electron chi connectivity index (χ3n) is 4.52. The van der Waals surface area contributed by atoms with Crippen LogP contribution in [0.15, 0.2) is 36.7 Å². The number of nitrogens with zero attached hydrogens (tertiary/aromatic N) is 2. The molecule has 0 radical (unpaired) electrons. The number of aliphatic hydroxyl groups is 1. The molecule has 7 heteroatoms. The average Bonchev–Trinajstić information content (AvgIpc) is 3.04. The van der Waals surface area contributed by atoms with Gasteiger partial charge in [0.05, 0.1) is 17.9 Å². The highest BCUT2D eigenvalue weighted by molar-refractivity contribution is 5.93.